The van der Waals surface area contributed by atoms with Crippen molar-refractivity contribution >= 4 is 58.7 Å². The highest BCUT2D eigenvalue weighted by atomic mass is 35.6. The Hall–Kier alpha value is -1.55. The van der Waals surface area contributed by atoms with Gasteiger partial charge in [0.15, 0.2) is 0 Å². The standard InChI is InChI=1S/C32H47Cl3N2O7/c1-7-12-29(4)17-23(30(5)19(2)8-13-31(20(3)25(29)38)14-9-22(42-6)24(30)31)44-27(40)36-26(39)21-10-15-37(16-11-21)28(41)43-18-32(33,34)35/h7,12,19-24H,8-11,13-18H2,1-6H3,(H,36,39,40)/b12-7+/t19-,20+,22+,23-,24?,29-,30+,31?/m1/s1. The number of amides is 3. The zero-order valence-corrected chi connectivity index (χ0v) is 28.9. The van der Waals surface area contributed by atoms with E-state index in [1.807, 2.05) is 26.0 Å². The van der Waals surface area contributed by atoms with E-state index in [4.69, 9.17) is 49.0 Å². The van der Waals surface area contributed by atoms with Crippen LogP contribution in [-0.4, -0.2) is 71.6 Å². The van der Waals surface area contributed by atoms with Crippen LogP contribution in [-0.2, 0) is 23.8 Å². The first-order chi connectivity index (χ1) is 20.5. The van der Waals surface area contributed by atoms with Crippen LogP contribution in [0, 0.1) is 39.9 Å². The molecule has 4 aliphatic rings. The number of alkyl carbamates (subject to hydrolysis) is 1. The number of piperidine rings is 1. The van der Waals surface area contributed by atoms with Gasteiger partial charge in [-0.25, -0.2) is 9.59 Å². The van der Waals surface area contributed by atoms with Crippen molar-refractivity contribution in [3.8, 4) is 0 Å². The summed E-state index contributed by atoms with van der Waals surface area (Å²) in [5, 5.41) is 2.47. The lowest BCUT2D eigenvalue weighted by molar-refractivity contribution is -0.189. The van der Waals surface area contributed by atoms with Crippen LogP contribution in [0.3, 0.4) is 0 Å². The lowest BCUT2D eigenvalue weighted by atomic mass is 9.44. The molecule has 0 aromatic heterocycles. The van der Waals surface area contributed by atoms with Gasteiger partial charge in [-0.05, 0) is 63.7 Å². The van der Waals surface area contributed by atoms with Crippen LogP contribution in [0.5, 0.6) is 0 Å². The number of carbonyl (C=O) groups is 4. The number of Topliss-reactive ketones (excluding diaryl/α,β-unsaturated/α-hetero) is 1. The average molecular weight is 678 g/mol. The Morgan fingerprint density at radius 1 is 1.07 bits per heavy atom. The number of alkyl halides is 3. The molecular formula is C32H47Cl3N2O7. The summed E-state index contributed by atoms with van der Waals surface area (Å²) in [7, 11) is 1.73. The molecule has 0 spiro atoms. The van der Waals surface area contributed by atoms with Crippen molar-refractivity contribution in [1.29, 1.82) is 0 Å². The third-order valence-electron chi connectivity index (χ3n) is 11.6. The summed E-state index contributed by atoms with van der Waals surface area (Å²) in [6.45, 7) is 10.5. The second-order valence-corrected chi connectivity index (χ2v) is 16.4. The normalized spacial score (nSPS) is 38.1. The number of likely N-dealkylation sites (tertiary alicyclic amines) is 1. The Morgan fingerprint density at radius 3 is 2.30 bits per heavy atom. The van der Waals surface area contributed by atoms with E-state index in [0.717, 1.165) is 25.7 Å². The van der Waals surface area contributed by atoms with Crippen LogP contribution in [0.15, 0.2) is 12.2 Å². The Balaban J connectivity index is 1.52. The molecule has 4 fully saturated rings. The number of nitrogens with zero attached hydrogens (tertiary/aromatic N) is 1. The topological polar surface area (TPSA) is 111 Å². The minimum atomic E-state index is -1.71. The summed E-state index contributed by atoms with van der Waals surface area (Å²) in [5.41, 5.74) is -1.56. The van der Waals surface area contributed by atoms with Crippen molar-refractivity contribution in [2.45, 2.75) is 95.6 Å². The fourth-order valence-electron chi connectivity index (χ4n) is 9.05. The highest BCUT2D eigenvalue weighted by Crippen LogP contribution is 2.68. The minimum absolute atomic E-state index is 0.0250. The molecule has 1 N–H and O–H groups in total. The molecule has 3 aliphatic carbocycles. The van der Waals surface area contributed by atoms with Crippen molar-refractivity contribution in [3.63, 3.8) is 0 Å². The highest BCUT2D eigenvalue weighted by molar-refractivity contribution is 6.67. The zero-order chi connectivity index (χ0) is 32.7. The van der Waals surface area contributed by atoms with E-state index < -0.39 is 44.7 Å². The number of hydrogen-bond donors (Lipinski definition) is 1. The van der Waals surface area contributed by atoms with Gasteiger partial charge in [-0.3, -0.25) is 14.9 Å². The number of nitrogens with one attached hydrogen (secondary N) is 1. The molecule has 0 aromatic rings. The molecule has 12 heteroatoms. The predicted molar refractivity (Wildman–Crippen MR) is 169 cm³/mol. The van der Waals surface area contributed by atoms with E-state index in [2.05, 4.69) is 26.1 Å². The number of allylic oxidation sites excluding steroid dienone is 2. The fraction of sp³-hybridized carbons (Fsp3) is 0.812. The van der Waals surface area contributed by atoms with Gasteiger partial charge in [0.1, 0.15) is 18.5 Å². The summed E-state index contributed by atoms with van der Waals surface area (Å²) in [4.78, 5) is 54.6. The van der Waals surface area contributed by atoms with E-state index in [9.17, 15) is 19.2 Å². The van der Waals surface area contributed by atoms with E-state index in [1.54, 1.807) is 7.11 Å². The maximum absolute atomic E-state index is 14.2. The molecule has 1 heterocycles. The smallest absolute Gasteiger partial charge is 0.414 e. The number of carbonyl (C=O) groups excluding carboxylic acids is 4. The largest absolute Gasteiger partial charge is 0.445 e. The lowest BCUT2D eigenvalue weighted by Gasteiger charge is -2.61. The van der Waals surface area contributed by atoms with Gasteiger partial charge in [0.25, 0.3) is 0 Å². The monoisotopic (exact) mass is 676 g/mol. The molecule has 1 aliphatic heterocycles. The number of rotatable bonds is 5. The van der Waals surface area contributed by atoms with Crippen molar-refractivity contribution in [3.05, 3.63) is 12.2 Å². The number of methoxy groups -OCH3 is 1. The fourth-order valence-corrected chi connectivity index (χ4v) is 9.21. The molecule has 3 saturated carbocycles. The van der Waals surface area contributed by atoms with Gasteiger partial charge in [-0.1, -0.05) is 67.7 Å². The molecule has 0 radical (unpaired) electrons. The van der Waals surface area contributed by atoms with Crippen molar-refractivity contribution in [1.82, 2.24) is 10.2 Å². The zero-order valence-electron chi connectivity index (χ0n) is 26.6. The van der Waals surface area contributed by atoms with Gasteiger partial charge in [0.2, 0.25) is 9.70 Å². The van der Waals surface area contributed by atoms with Gasteiger partial charge in [-0.15, -0.1) is 0 Å². The summed E-state index contributed by atoms with van der Waals surface area (Å²) in [6.07, 6.45) is 6.33. The van der Waals surface area contributed by atoms with Crippen LogP contribution in [0.25, 0.3) is 0 Å². The van der Waals surface area contributed by atoms with Gasteiger partial charge < -0.3 is 19.1 Å². The first kappa shape index (κ1) is 35.3. The lowest BCUT2D eigenvalue weighted by Crippen LogP contribution is -2.63. The molecule has 8 atom stereocenters. The Kier molecular flexibility index (Phi) is 10.7. The highest BCUT2D eigenvalue weighted by Gasteiger charge is 2.68. The summed E-state index contributed by atoms with van der Waals surface area (Å²) in [6, 6.07) is 0. The third kappa shape index (κ3) is 6.63. The van der Waals surface area contributed by atoms with Crippen molar-refractivity contribution < 1.29 is 33.4 Å². The van der Waals surface area contributed by atoms with Crippen LogP contribution >= 0.6 is 34.8 Å². The second-order valence-electron chi connectivity index (χ2n) is 13.9. The molecule has 44 heavy (non-hydrogen) atoms. The minimum Gasteiger partial charge on any atom is -0.445 e. The molecule has 248 valence electrons. The Labute approximate surface area is 276 Å². The van der Waals surface area contributed by atoms with Crippen LogP contribution in [0.1, 0.15) is 79.6 Å². The van der Waals surface area contributed by atoms with Gasteiger partial charge in [-0.2, -0.15) is 0 Å². The predicted octanol–water partition coefficient (Wildman–Crippen LogP) is 6.87. The first-order valence-electron chi connectivity index (χ1n) is 15.7. The molecule has 0 aromatic carbocycles. The second kappa shape index (κ2) is 13.3. The van der Waals surface area contributed by atoms with Crippen LogP contribution < -0.4 is 5.32 Å². The first-order valence-corrected chi connectivity index (χ1v) is 16.9. The molecule has 9 nitrogen and oxygen atoms in total. The van der Waals surface area contributed by atoms with Crippen molar-refractivity contribution in [2.75, 3.05) is 26.8 Å². The maximum atomic E-state index is 14.2. The summed E-state index contributed by atoms with van der Waals surface area (Å²) >= 11 is 17.0. The molecule has 4 rings (SSSR count). The van der Waals surface area contributed by atoms with Gasteiger partial charge in [0.05, 0.1) is 6.10 Å². The molecule has 3 amide bonds. The quantitative estimate of drug-likeness (QED) is 0.250. The molecule has 2 unspecified atom stereocenters. The van der Waals surface area contributed by atoms with E-state index in [-0.39, 0.29) is 54.8 Å². The van der Waals surface area contributed by atoms with Crippen molar-refractivity contribution in [2.24, 2.45) is 39.9 Å². The number of ether oxygens (including phenoxy) is 3. The maximum Gasteiger partial charge on any atom is 0.414 e. The number of hydrogen-bond acceptors (Lipinski definition) is 7. The number of imide groups is 1. The van der Waals surface area contributed by atoms with E-state index in [0.29, 0.717) is 19.3 Å². The van der Waals surface area contributed by atoms with Crippen LogP contribution in [0.2, 0.25) is 0 Å². The molecule has 1 saturated heterocycles. The molecular weight excluding hydrogens is 631 g/mol. The van der Waals surface area contributed by atoms with Gasteiger partial charge in [0, 0.05) is 55.2 Å². The van der Waals surface area contributed by atoms with E-state index in [1.165, 1.54) is 4.90 Å². The average Bonchev–Trinajstić information content (AvgIpc) is 3.37. The third-order valence-corrected chi connectivity index (χ3v) is 11.9. The SMILES string of the molecule is C/C=C/[C@]1(C)C[C@@H](OC(=O)NC(=O)C2CCN(C(=O)OCC(Cl)(Cl)Cl)CC2)[C@@]2(C)C3[C@@H](OC)CCC3(CC[C@H]2C)[C@@H](C)C1=O. The number of halogens is 3. The Bertz CT molecular complexity index is 1150. The number of ketones is 1. The van der Waals surface area contributed by atoms with Gasteiger partial charge >= 0.3 is 12.2 Å². The summed E-state index contributed by atoms with van der Waals surface area (Å²) in [5.74, 6) is -0.719. The Morgan fingerprint density at radius 2 is 1.70 bits per heavy atom. The summed E-state index contributed by atoms with van der Waals surface area (Å²) < 4.78 is 15.6. The molecule has 2 bridgehead atoms. The van der Waals surface area contributed by atoms with Crippen LogP contribution in [0.4, 0.5) is 9.59 Å². The van der Waals surface area contributed by atoms with E-state index >= 15 is 0 Å².